The molecule has 0 saturated heterocycles. The lowest BCUT2D eigenvalue weighted by atomic mass is 10.2. The molecule has 0 saturated carbocycles. The van der Waals surface area contributed by atoms with E-state index >= 15 is 0 Å². The summed E-state index contributed by atoms with van der Waals surface area (Å²) in [4.78, 5) is 12.2. The van der Waals surface area contributed by atoms with Gasteiger partial charge in [0, 0.05) is 10.4 Å². The molecule has 0 radical (unpaired) electrons. The molecule has 0 aliphatic carbocycles. The highest BCUT2D eigenvalue weighted by Gasteiger charge is 2.10. The van der Waals surface area contributed by atoms with Gasteiger partial charge in [0.25, 0.3) is 0 Å². The second-order valence-corrected chi connectivity index (χ2v) is 4.75. The Morgan fingerprint density at radius 2 is 1.74 bits per heavy atom. The lowest BCUT2D eigenvalue weighted by molar-refractivity contribution is 0.886. The van der Waals surface area contributed by atoms with Gasteiger partial charge in [-0.05, 0) is 37.3 Å². The molecule has 0 spiro atoms. The summed E-state index contributed by atoms with van der Waals surface area (Å²) in [6, 6.07) is 14.3. The fraction of sp³-hybridized carbons (Fsp3) is 0.0667. The molecule has 0 atom stereocenters. The number of aromatic nitrogens is 2. The van der Waals surface area contributed by atoms with Crippen LogP contribution < -0.4 is 5.43 Å². The Morgan fingerprint density at radius 1 is 1.05 bits per heavy atom. The van der Waals surface area contributed by atoms with E-state index in [0.29, 0.717) is 10.5 Å². The van der Waals surface area contributed by atoms with Crippen molar-refractivity contribution >= 4 is 22.5 Å². The van der Waals surface area contributed by atoms with E-state index in [1.807, 2.05) is 31.2 Å². The van der Waals surface area contributed by atoms with Crippen LogP contribution in [-0.4, -0.2) is 9.78 Å². The van der Waals surface area contributed by atoms with Gasteiger partial charge in [0.1, 0.15) is 5.52 Å². The number of fused-ring (bicyclic) bond motifs is 1. The number of rotatable bonds is 1. The molecular weight excluding hydrogens is 260 g/mol. The van der Waals surface area contributed by atoms with Crippen LogP contribution in [-0.2, 0) is 0 Å². The first-order valence-electron chi connectivity index (χ1n) is 5.91. The van der Waals surface area contributed by atoms with Crippen LogP contribution in [0.1, 0.15) is 5.69 Å². The third-order valence-electron chi connectivity index (χ3n) is 3.03. The van der Waals surface area contributed by atoms with Crippen LogP contribution in [0.5, 0.6) is 0 Å². The normalized spacial score (nSPS) is 10.8. The average molecular weight is 271 g/mol. The molecule has 3 rings (SSSR count). The van der Waals surface area contributed by atoms with Gasteiger partial charge in [-0.1, -0.05) is 29.8 Å². The zero-order valence-corrected chi connectivity index (χ0v) is 11.1. The largest absolute Gasteiger partial charge is 0.288 e. The molecule has 0 amide bonds. The third kappa shape index (κ3) is 2.02. The van der Waals surface area contributed by atoms with Crippen LogP contribution >= 0.6 is 11.6 Å². The molecule has 3 nitrogen and oxygen atoms in total. The maximum absolute atomic E-state index is 12.2. The highest BCUT2D eigenvalue weighted by Crippen LogP contribution is 2.19. The summed E-state index contributed by atoms with van der Waals surface area (Å²) in [5.74, 6) is 0. The fourth-order valence-electron chi connectivity index (χ4n) is 2.12. The number of nitrogens with zero attached hydrogens (tertiary/aromatic N) is 2. The van der Waals surface area contributed by atoms with Crippen LogP contribution in [0.3, 0.4) is 0 Å². The van der Waals surface area contributed by atoms with E-state index in [0.717, 1.165) is 16.8 Å². The maximum atomic E-state index is 12.2. The highest BCUT2D eigenvalue weighted by molar-refractivity contribution is 6.30. The van der Waals surface area contributed by atoms with Crippen molar-refractivity contribution in [2.45, 2.75) is 6.92 Å². The molecule has 3 aromatic rings. The number of aryl methyl sites for hydroxylation is 1. The van der Waals surface area contributed by atoms with Gasteiger partial charge in [-0.25, -0.2) is 4.68 Å². The van der Waals surface area contributed by atoms with Gasteiger partial charge in [0.2, 0.25) is 5.43 Å². The van der Waals surface area contributed by atoms with Gasteiger partial charge in [-0.15, -0.1) is 0 Å². The zero-order valence-electron chi connectivity index (χ0n) is 10.3. The fourth-order valence-corrected chi connectivity index (χ4v) is 2.24. The minimum Gasteiger partial charge on any atom is -0.288 e. The summed E-state index contributed by atoms with van der Waals surface area (Å²) in [6.45, 7) is 1.90. The van der Waals surface area contributed by atoms with Crippen LogP contribution in [0, 0.1) is 6.92 Å². The molecule has 2 aromatic carbocycles. The van der Waals surface area contributed by atoms with E-state index in [9.17, 15) is 4.79 Å². The Balaban J connectivity index is 2.40. The van der Waals surface area contributed by atoms with E-state index in [2.05, 4.69) is 5.10 Å². The van der Waals surface area contributed by atoms with Gasteiger partial charge < -0.3 is 0 Å². The van der Waals surface area contributed by atoms with Crippen LogP contribution in [0.4, 0.5) is 0 Å². The maximum Gasteiger partial charge on any atom is 0.204 e. The molecule has 0 aliphatic heterocycles. The third-order valence-corrected chi connectivity index (χ3v) is 3.28. The van der Waals surface area contributed by atoms with Crippen molar-refractivity contribution in [1.29, 1.82) is 0 Å². The van der Waals surface area contributed by atoms with Crippen molar-refractivity contribution in [2.75, 3.05) is 0 Å². The smallest absolute Gasteiger partial charge is 0.204 e. The van der Waals surface area contributed by atoms with Gasteiger partial charge in [-0.2, -0.15) is 5.10 Å². The lowest BCUT2D eigenvalue weighted by Gasteiger charge is -2.01. The van der Waals surface area contributed by atoms with Crippen molar-refractivity contribution in [1.82, 2.24) is 9.78 Å². The molecule has 19 heavy (non-hydrogen) atoms. The minimum atomic E-state index is -0.0458. The van der Waals surface area contributed by atoms with E-state index in [1.54, 1.807) is 28.9 Å². The number of hydrogen-bond acceptors (Lipinski definition) is 2. The first-order chi connectivity index (χ1) is 9.16. The molecule has 0 unspecified atom stereocenters. The minimum absolute atomic E-state index is 0.0458. The molecule has 1 aromatic heterocycles. The van der Waals surface area contributed by atoms with Crippen molar-refractivity contribution in [3.05, 3.63) is 69.5 Å². The Morgan fingerprint density at radius 3 is 2.47 bits per heavy atom. The summed E-state index contributed by atoms with van der Waals surface area (Å²) in [6.07, 6.45) is 0. The van der Waals surface area contributed by atoms with Crippen LogP contribution in [0.2, 0.25) is 5.02 Å². The quantitative estimate of drug-likeness (QED) is 0.680. The Labute approximate surface area is 115 Å². The molecular formula is C15H11ClN2O. The van der Waals surface area contributed by atoms with E-state index in [-0.39, 0.29) is 5.43 Å². The standard InChI is InChI=1S/C15H11ClN2O/c1-10-13-4-2-3-5-14(19)15(13)18(17-10)12-8-6-11(16)7-9-12/h2-9H,1H3. The Hall–Kier alpha value is -2.13. The summed E-state index contributed by atoms with van der Waals surface area (Å²) in [7, 11) is 0. The molecule has 0 aliphatic rings. The molecule has 0 N–H and O–H groups in total. The molecule has 0 bridgehead atoms. The van der Waals surface area contributed by atoms with E-state index in [4.69, 9.17) is 11.6 Å². The molecule has 4 heteroatoms. The van der Waals surface area contributed by atoms with Crippen molar-refractivity contribution in [3.8, 4) is 5.69 Å². The summed E-state index contributed by atoms with van der Waals surface area (Å²) in [5.41, 5.74) is 2.20. The molecule has 94 valence electrons. The Kier molecular flexibility index (Phi) is 2.84. The van der Waals surface area contributed by atoms with Crippen LogP contribution in [0.25, 0.3) is 16.6 Å². The van der Waals surface area contributed by atoms with E-state index < -0.39 is 0 Å². The number of benzene rings is 1. The van der Waals surface area contributed by atoms with Gasteiger partial charge in [0.15, 0.2) is 0 Å². The van der Waals surface area contributed by atoms with Gasteiger partial charge in [0.05, 0.1) is 11.4 Å². The average Bonchev–Trinajstić information content (AvgIpc) is 2.60. The lowest BCUT2D eigenvalue weighted by Crippen LogP contribution is -2.04. The molecule has 1 heterocycles. The highest BCUT2D eigenvalue weighted by atomic mass is 35.5. The summed E-state index contributed by atoms with van der Waals surface area (Å²) >= 11 is 5.88. The topological polar surface area (TPSA) is 34.9 Å². The second-order valence-electron chi connectivity index (χ2n) is 4.32. The van der Waals surface area contributed by atoms with Crippen molar-refractivity contribution in [2.24, 2.45) is 0 Å². The summed E-state index contributed by atoms with van der Waals surface area (Å²) in [5, 5.41) is 5.97. The monoisotopic (exact) mass is 270 g/mol. The van der Waals surface area contributed by atoms with Gasteiger partial charge >= 0.3 is 0 Å². The number of hydrogen-bond donors (Lipinski definition) is 0. The SMILES string of the molecule is Cc1nn(-c2ccc(Cl)cc2)c2c(=O)ccccc12. The van der Waals surface area contributed by atoms with Gasteiger partial charge in [-0.3, -0.25) is 4.79 Å². The first-order valence-corrected chi connectivity index (χ1v) is 6.29. The number of halogens is 1. The Bertz CT molecular complexity index is 806. The second kappa shape index (κ2) is 4.52. The molecule has 0 fully saturated rings. The zero-order chi connectivity index (χ0) is 13.4. The van der Waals surface area contributed by atoms with Crippen LogP contribution in [0.15, 0.2) is 53.3 Å². The predicted molar refractivity (Wildman–Crippen MR) is 77.1 cm³/mol. The predicted octanol–water partition coefficient (Wildman–Crippen LogP) is 3.35. The van der Waals surface area contributed by atoms with Crippen molar-refractivity contribution in [3.63, 3.8) is 0 Å². The first kappa shape index (κ1) is 11.9. The van der Waals surface area contributed by atoms with E-state index in [1.165, 1.54) is 0 Å². The summed E-state index contributed by atoms with van der Waals surface area (Å²) < 4.78 is 1.67. The van der Waals surface area contributed by atoms with Crippen molar-refractivity contribution < 1.29 is 0 Å².